The topological polar surface area (TPSA) is 64.3 Å². The standard InChI is InChI=1S/C15H22N2O2/c1-11-10-19-13-7-3-2-6-12(13)15(11)17-9-5-4-8-14(16)18/h2-3,6-7,11,15,17H,4-5,8-10H2,1H3,(H2,16,18). The number of amides is 1. The minimum absolute atomic E-state index is 0.218. The molecule has 104 valence electrons. The van der Waals surface area contributed by atoms with Crippen LogP contribution in [0.3, 0.4) is 0 Å². The molecule has 0 radical (unpaired) electrons. The maximum absolute atomic E-state index is 10.7. The third kappa shape index (κ3) is 3.70. The Labute approximate surface area is 114 Å². The molecule has 4 heteroatoms. The van der Waals surface area contributed by atoms with Gasteiger partial charge >= 0.3 is 0 Å². The summed E-state index contributed by atoms with van der Waals surface area (Å²) in [6.07, 6.45) is 2.29. The van der Waals surface area contributed by atoms with Crippen LogP contribution >= 0.6 is 0 Å². The van der Waals surface area contributed by atoms with Crippen molar-refractivity contribution < 1.29 is 9.53 Å². The zero-order valence-electron chi connectivity index (χ0n) is 11.4. The van der Waals surface area contributed by atoms with E-state index in [1.165, 1.54) is 5.56 Å². The summed E-state index contributed by atoms with van der Waals surface area (Å²) < 4.78 is 5.72. The number of unbranched alkanes of at least 4 members (excludes halogenated alkanes) is 1. The van der Waals surface area contributed by atoms with Gasteiger partial charge in [-0.25, -0.2) is 0 Å². The van der Waals surface area contributed by atoms with Crippen LogP contribution in [0.1, 0.15) is 37.8 Å². The number of nitrogens with one attached hydrogen (secondary N) is 1. The molecule has 3 N–H and O–H groups in total. The molecule has 0 aliphatic carbocycles. The quantitative estimate of drug-likeness (QED) is 0.771. The maximum atomic E-state index is 10.7. The predicted octanol–water partition coefficient (Wildman–Crippen LogP) is 2.00. The Kier molecular flexibility index (Phi) is 4.80. The molecule has 0 fully saturated rings. The lowest BCUT2D eigenvalue weighted by Gasteiger charge is -2.32. The summed E-state index contributed by atoms with van der Waals surface area (Å²) in [7, 11) is 0. The van der Waals surface area contributed by atoms with Crippen molar-refractivity contribution in [2.24, 2.45) is 11.7 Å². The van der Waals surface area contributed by atoms with Gasteiger partial charge in [-0.1, -0.05) is 25.1 Å². The molecular formula is C15H22N2O2. The highest BCUT2D eigenvalue weighted by molar-refractivity contribution is 5.73. The molecule has 0 aromatic heterocycles. The number of rotatable bonds is 6. The van der Waals surface area contributed by atoms with Crippen molar-refractivity contribution in [2.45, 2.75) is 32.2 Å². The van der Waals surface area contributed by atoms with E-state index in [1.54, 1.807) is 0 Å². The average molecular weight is 262 g/mol. The van der Waals surface area contributed by atoms with Gasteiger partial charge in [-0.2, -0.15) is 0 Å². The predicted molar refractivity (Wildman–Crippen MR) is 74.9 cm³/mol. The third-order valence-electron chi connectivity index (χ3n) is 3.54. The summed E-state index contributed by atoms with van der Waals surface area (Å²) in [5.41, 5.74) is 6.36. The van der Waals surface area contributed by atoms with Gasteiger partial charge in [0, 0.05) is 23.9 Å². The van der Waals surface area contributed by atoms with Crippen LogP contribution in [0.2, 0.25) is 0 Å². The van der Waals surface area contributed by atoms with Gasteiger partial charge in [-0.3, -0.25) is 4.79 Å². The van der Waals surface area contributed by atoms with Gasteiger partial charge in [0.05, 0.1) is 6.61 Å². The van der Waals surface area contributed by atoms with Crippen LogP contribution in [0.5, 0.6) is 5.75 Å². The SMILES string of the molecule is CC1COc2ccccc2C1NCCCCC(N)=O. The molecule has 2 unspecified atom stereocenters. The molecular weight excluding hydrogens is 240 g/mol. The highest BCUT2D eigenvalue weighted by Gasteiger charge is 2.26. The van der Waals surface area contributed by atoms with Crippen LogP contribution in [-0.4, -0.2) is 19.1 Å². The number of carbonyl (C=O) groups is 1. The summed E-state index contributed by atoms with van der Waals surface area (Å²) in [4.78, 5) is 10.7. The Balaban J connectivity index is 1.87. The minimum Gasteiger partial charge on any atom is -0.493 e. The van der Waals surface area contributed by atoms with Crippen molar-refractivity contribution in [3.05, 3.63) is 29.8 Å². The zero-order valence-corrected chi connectivity index (χ0v) is 11.4. The second-order valence-electron chi connectivity index (χ2n) is 5.18. The van der Waals surface area contributed by atoms with E-state index < -0.39 is 0 Å². The second kappa shape index (κ2) is 6.57. The normalized spacial score (nSPS) is 21.5. The summed E-state index contributed by atoms with van der Waals surface area (Å²) in [5.74, 6) is 1.21. The molecule has 2 atom stereocenters. The van der Waals surface area contributed by atoms with Crippen molar-refractivity contribution in [1.82, 2.24) is 5.32 Å². The van der Waals surface area contributed by atoms with Crippen molar-refractivity contribution in [3.8, 4) is 5.75 Å². The number of para-hydroxylation sites is 1. The maximum Gasteiger partial charge on any atom is 0.217 e. The number of nitrogens with two attached hydrogens (primary N) is 1. The van der Waals surface area contributed by atoms with E-state index in [4.69, 9.17) is 10.5 Å². The molecule has 1 aliphatic rings. The lowest BCUT2D eigenvalue weighted by Crippen LogP contribution is -2.34. The van der Waals surface area contributed by atoms with Gasteiger partial charge < -0.3 is 15.8 Å². The van der Waals surface area contributed by atoms with Crippen molar-refractivity contribution in [2.75, 3.05) is 13.2 Å². The first-order chi connectivity index (χ1) is 9.18. The van der Waals surface area contributed by atoms with E-state index in [0.29, 0.717) is 18.4 Å². The Morgan fingerprint density at radius 3 is 3.00 bits per heavy atom. The Morgan fingerprint density at radius 2 is 2.21 bits per heavy atom. The van der Waals surface area contributed by atoms with Crippen LogP contribution < -0.4 is 15.8 Å². The summed E-state index contributed by atoms with van der Waals surface area (Å²) >= 11 is 0. The first-order valence-corrected chi connectivity index (χ1v) is 6.92. The Bertz CT molecular complexity index is 434. The molecule has 1 heterocycles. The van der Waals surface area contributed by atoms with Crippen LogP contribution in [-0.2, 0) is 4.79 Å². The molecule has 2 rings (SSSR count). The van der Waals surface area contributed by atoms with Gasteiger partial charge in [0.15, 0.2) is 0 Å². The van der Waals surface area contributed by atoms with Gasteiger partial charge in [0.1, 0.15) is 5.75 Å². The number of benzene rings is 1. The lowest BCUT2D eigenvalue weighted by atomic mass is 9.92. The smallest absolute Gasteiger partial charge is 0.217 e. The molecule has 19 heavy (non-hydrogen) atoms. The zero-order chi connectivity index (χ0) is 13.7. The molecule has 0 saturated heterocycles. The van der Waals surface area contributed by atoms with Crippen molar-refractivity contribution >= 4 is 5.91 Å². The number of carbonyl (C=O) groups excluding carboxylic acids is 1. The van der Waals surface area contributed by atoms with E-state index in [9.17, 15) is 4.79 Å². The van der Waals surface area contributed by atoms with E-state index in [1.807, 2.05) is 18.2 Å². The molecule has 0 bridgehead atoms. The molecule has 1 aliphatic heterocycles. The fourth-order valence-electron chi connectivity index (χ4n) is 2.49. The minimum atomic E-state index is -0.218. The molecule has 0 saturated carbocycles. The lowest BCUT2D eigenvalue weighted by molar-refractivity contribution is -0.118. The van der Waals surface area contributed by atoms with E-state index in [2.05, 4.69) is 18.3 Å². The van der Waals surface area contributed by atoms with Gasteiger partial charge in [0.25, 0.3) is 0 Å². The monoisotopic (exact) mass is 262 g/mol. The molecule has 1 aromatic rings. The number of primary amides is 1. The van der Waals surface area contributed by atoms with Gasteiger partial charge in [-0.05, 0) is 25.5 Å². The molecule has 4 nitrogen and oxygen atoms in total. The fourth-order valence-corrected chi connectivity index (χ4v) is 2.49. The fraction of sp³-hybridized carbons (Fsp3) is 0.533. The second-order valence-corrected chi connectivity index (χ2v) is 5.18. The van der Waals surface area contributed by atoms with Gasteiger partial charge in [0.2, 0.25) is 5.91 Å². The van der Waals surface area contributed by atoms with Gasteiger partial charge in [-0.15, -0.1) is 0 Å². The summed E-state index contributed by atoms with van der Waals surface area (Å²) in [5, 5.41) is 3.57. The van der Waals surface area contributed by atoms with Crippen LogP contribution in [0, 0.1) is 5.92 Å². The average Bonchev–Trinajstić information content (AvgIpc) is 2.40. The third-order valence-corrected chi connectivity index (χ3v) is 3.54. The van der Waals surface area contributed by atoms with Crippen LogP contribution in [0.25, 0.3) is 0 Å². The Hall–Kier alpha value is -1.55. The highest BCUT2D eigenvalue weighted by atomic mass is 16.5. The molecule has 0 spiro atoms. The first kappa shape index (κ1) is 13.9. The first-order valence-electron chi connectivity index (χ1n) is 6.92. The van der Waals surface area contributed by atoms with Crippen molar-refractivity contribution in [3.63, 3.8) is 0 Å². The van der Waals surface area contributed by atoms with Crippen LogP contribution in [0.4, 0.5) is 0 Å². The van der Waals surface area contributed by atoms with E-state index >= 15 is 0 Å². The van der Waals surface area contributed by atoms with E-state index in [-0.39, 0.29) is 5.91 Å². The summed E-state index contributed by atoms with van der Waals surface area (Å²) in [6.45, 7) is 3.84. The Morgan fingerprint density at radius 1 is 1.42 bits per heavy atom. The number of ether oxygens (including phenoxy) is 1. The largest absolute Gasteiger partial charge is 0.493 e. The summed E-state index contributed by atoms with van der Waals surface area (Å²) in [6, 6.07) is 8.51. The highest BCUT2D eigenvalue weighted by Crippen LogP contribution is 2.34. The number of hydrogen-bond donors (Lipinski definition) is 2. The number of fused-ring (bicyclic) bond motifs is 1. The van der Waals surface area contributed by atoms with E-state index in [0.717, 1.165) is 31.7 Å². The van der Waals surface area contributed by atoms with Crippen molar-refractivity contribution in [1.29, 1.82) is 0 Å². The molecule has 1 amide bonds. The van der Waals surface area contributed by atoms with Crippen LogP contribution in [0.15, 0.2) is 24.3 Å². The number of hydrogen-bond acceptors (Lipinski definition) is 3. The molecule has 1 aromatic carbocycles.